The van der Waals surface area contributed by atoms with E-state index >= 15 is 0 Å². The molecule has 1 atom stereocenters. The van der Waals surface area contributed by atoms with E-state index < -0.39 is 11.7 Å². The molecule has 2 N–H and O–H groups in total. The summed E-state index contributed by atoms with van der Waals surface area (Å²) < 4.78 is 14.6. The first-order chi connectivity index (χ1) is 6.13. The fourth-order valence-electron chi connectivity index (χ4n) is 1.39. The summed E-state index contributed by atoms with van der Waals surface area (Å²) in [5, 5.41) is 0. The topological polar surface area (TPSA) is 26.0 Å². The van der Waals surface area contributed by atoms with Crippen molar-refractivity contribution in [3.8, 4) is 0 Å². The SMILES string of the molecule is NC1(C(F)c2ccccc2Br)CC1. The van der Waals surface area contributed by atoms with Crippen LogP contribution in [0.25, 0.3) is 0 Å². The Balaban J connectivity index is 2.30. The Labute approximate surface area is 85.3 Å². The Hall–Kier alpha value is -0.410. The molecule has 1 nitrogen and oxygen atoms in total. The van der Waals surface area contributed by atoms with Gasteiger partial charge < -0.3 is 5.73 Å². The molecule has 0 amide bonds. The lowest BCUT2D eigenvalue weighted by atomic mass is 10.0. The average molecular weight is 244 g/mol. The monoisotopic (exact) mass is 243 g/mol. The number of benzene rings is 1. The second-order valence-electron chi connectivity index (χ2n) is 3.62. The van der Waals surface area contributed by atoms with Crippen LogP contribution >= 0.6 is 15.9 Å². The molecule has 0 saturated heterocycles. The average Bonchev–Trinajstić information content (AvgIpc) is 2.85. The van der Waals surface area contributed by atoms with Crippen molar-refractivity contribution in [1.29, 1.82) is 0 Å². The van der Waals surface area contributed by atoms with Crippen molar-refractivity contribution in [3.63, 3.8) is 0 Å². The molecule has 1 aliphatic carbocycles. The highest BCUT2D eigenvalue weighted by molar-refractivity contribution is 9.10. The minimum absolute atomic E-state index is 0.593. The van der Waals surface area contributed by atoms with Crippen molar-refractivity contribution in [2.24, 2.45) is 5.73 Å². The molecule has 0 spiro atoms. The smallest absolute Gasteiger partial charge is 0.144 e. The van der Waals surface area contributed by atoms with Gasteiger partial charge >= 0.3 is 0 Å². The molecule has 1 aromatic rings. The minimum Gasteiger partial charge on any atom is -0.322 e. The lowest BCUT2D eigenvalue weighted by molar-refractivity contribution is 0.273. The summed E-state index contributed by atoms with van der Waals surface area (Å²) in [5.74, 6) is 0. The summed E-state index contributed by atoms with van der Waals surface area (Å²) in [5.41, 5.74) is 5.87. The van der Waals surface area contributed by atoms with Gasteiger partial charge in [-0.15, -0.1) is 0 Å². The van der Waals surface area contributed by atoms with Crippen LogP contribution in [0.5, 0.6) is 0 Å². The number of hydrogen-bond donors (Lipinski definition) is 1. The van der Waals surface area contributed by atoms with Crippen LogP contribution in [0.3, 0.4) is 0 Å². The quantitative estimate of drug-likeness (QED) is 0.850. The van der Waals surface area contributed by atoms with E-state index in [1.54, 1.807) is 6.07 Å². The van der Waals surface area contributed by atoms with Gasteiger partial charge in [0.25, 0.3) is 0 Å². The number of alkyl halides is 1. The molecule has 3 heteroatoms. The molecule has 1 unspecified atom stereocenters. The molecule has 13 heavy (non-hydrogen) atoms. The third-order valence-corrected chi connectivity index (χ3v) is 3.23. The molecule has 1 fully saturated rings. The second-order valence-corrected chi connectivity index (χ2v) is 4.47. The zero-order valence-corrected chi connectivity index (χ0v) is 8.72. The van der Waals surface area contributed by atoms with Crippen LogP contribution < -0.4 is 5.73 Å². The van der Waals surface area contributed by atoms with Gasteiger partial charge in [0, 0.05) is 10.0 Å². The maximum Gasteiger partial charge on any atom is 0.144 e. The van der Waals surface area contributed by atoms with Gasteiger partial charge in [-0.1, -0.05) is 34.1 Å². The van der Waals surface area contributed by atoms with Gasteiger partial charge in [-0.3, -0.25) is 0 Å². The van der Waals surface area contributed by atoms with Crippen LogP contribution in [0.15, 0.2) is 28.7 Å². The van der Waals surface area contributed by atoms with Gasteiger partial charge in [0.2, 0.25) is 0 Å². The summed E-state index contributed by atoms with van der Waals surface area (Å²) in [6.07, 6.45) is 0.536. The molecule has 0 radical (unpaired) electrons. The standard InChI is InChI=1S/C10H11BrFN/c11-8-4-2-1-3-7(8)9(12)10(13)5-6-10/h1-4,9H,5-6,13H2. The summed E-state index contributed by atoms with van der Waals surface area (Å²) >= 11 is 3.32. The van der Waals surface area contributed by atoms with Gasteiger partial charge in [-0.25, -0.2) is 4.39 Å². The van der Waals surface area contributed by atoms with Gasteiger partial charge in [-0.2, -0.15) is 0 Å². The lowest BCUT2D eigenvalue weighted by Crippen LogP contribution is -2.28. The lowest BCUT2D eigenvalue weighted by Gasteiger charge is -2.16. The van der Waals surface area contributed by atoms with E-state index in [1.165, 1.54) is 0 Å². The molecule has 0 bridgehead atoms. The Bertz CT molecular complexity index is 322. The second kappa shape index (κ2) is 3.07. The van der Waals surface area contributed by atoms with Crippen molar-refractivity contribution in [1.82, 2.24) is 0 Å². The molecular weight excluding hydrogens is 233 g/mol. The van der Waals surface area contributed by atoms with Crippen LogP contribution in [-0.2, 0) is 0 Å². The van der Waals surface area contributed by atoms with Crippen molar-refractivity contribution >= 4 is 15.9 Å². The molecule has 0 aromatic heterocycles. The summed E-state index contributed by atoms with van der Waals surface area (Å²) in [4.78, 5) is 0. The highest BCUT2D eigenvalue weighted by Crippen LogP contribution is 2.47. The van der Waals surface area contributed by atoms with Gasteiger partial charge in [-0.05, 0) is 18.9 Å². The van der Waals surface area contributed by atoms with E-state index in [2.05, 4.69) is 15.9 Å². The van der Waals surface area contributed by atoms with Gasteiger partial charge in [0.1, 0.15) is 6.17 Å². The third kappa shape index (κ3) is 1.63. The highest BCUT2D eigenvalue weighted by atomic mass is 79.9. The summed E-state index contributed by atoms with van der Waals surface area (Å²) in [6.45, 7) is 0. The van der Waals surface area contributed by atoms with E-state index in [-0.39, 0.29) is 0 Å². The largest absolute Gasteiger partial charge is 0.322 e. The Morgan fingerprint density at radius 1 is 1.38 bits per heavy atom. The first kappa shape index (κ1) is 9.16. The van der Waals surface area contributed by atoms with Crippen LogP contribution in [-0.4, -0.2) is 5.54 Å². The molecule has 1 aliphatic rings. The van der Waals surface area contributed by atoms with Crippen molar-refractivity contribution in [3.05, 3.63) is 34.3 Å². The van der Waals surface area contributed by atoms with Gasteiger partial charge in [0.05, 0.1) is 5.54 Å². The molecular formula is C10H11BrFN. The maximum absolute atomic E-state index is 13.8. The predicted molar refractivity (Wildman–Crippen MR) is 54.1 cm³/mol. The summed E-state index contributed by atoms with van der Waals surface area (Å²) in [7, 11) is 0. The summed E-state index contributed by atoms with van der Waals surface area (Å²) in [6, 6.07) is 7.32. The molecule has 1 saturated carbocycles. The predicted octanol–water partition coefficient (Wildman–Crippen LogP) is 2.95. The molecule has 0 heterocycles. The third-order valence-electron chi connectivity index (χ3n) is 2.51. The van der Waals surface area contributed by atoms with E-state index in [0.29, 0.717) is 5.56 Å². The van der Waals surface area contributed by atoms with Crippen molar-refractivity contribution in [2.75, 3.05) is 0 Å². The zero-order valence-electron chi connectivity index (χ0n) is 7.13. The van der Waals surface area contributed by atoms with Crippen LogP contribution in [0.1, 0.15) is 24.6 Å². The number of hydrogen-bond acceptors (Lipinski definition) is 1. The van der Waals surface area contributed by atoms with Crippen molar-refractivity contribution in [2.45, 2.75) is 24.6 Å². The van der Waals surface area contributed by atoms with E-state index in [9.17, 15) is 4.39 Å². The highest BCUT2D eigenvalue weighted by Gasteiger charge is 2.47. The molecule has 0 aliphatic heterocycles. The zero-order chi connectivity index (χ0) is 9.47. The molecule has 2 rings (SSSR count). The first-order valence-electron chi connectivity index (χ1n) is 4.31. The minimum atomic E-state index is -1.04. The maximum atomic E-state index is 13.8. The van der Waals surface area contributed by atoms with Gasteiger partial charge in [0.15, 0.2) is 0 Å². The first-order valence-corrected chi connectivity index (χ1v) is 5.10. The fraction of sp³-hybridized carbons (Fsp3) is 0.400. The van der Waals surface area contributed by atoms with Crippen LogP contribution in [0, 0.1) is 0 Å². The normalized spacial score (nSPS) is 21.2. The fourth-order valence-corrected chi connectivity index (χ4v) is 1.87. The Morgan fingerprint density at radius 2 is 2.00 bits per heavy atom. The van der Waals surface area contributed by atoms with Crippen LogP contribution in [0.2, 0.25) is 0 Å². The van der Waals surface area contributed by atoms with Crippen LogP contribution in [0.4, 0.5) is 4.39 Å². The number of rotatable bonds is 2. The van der Waals surface area contributed by atoms with Crippen molar-refractivity contribution < 1.29 is 4.39 Å². The van der Waals surface area contributed by atoms with E-state index in [0.717, 1.165) is 17.3 Å². The number of nitrogens with two attached hydrogens (primary N) is 1. The van der Waals surface area contributed by atoms with E-state index in [4.69, 9.17) is 5.73 Å². The Kier molecular flexibility index (Phi) is 2.16. The number of halogens is 2. The Morgan fingerprint density at radius 3 is 2.54 bits per heavy atom. The molecule has 1 aromatic carbocycles. The van der Waals surface area contributed by atoms with E-state index in [1.807, 2.05) is 18.2 Å². The molecule has 70 valence electrons.